The zero-order valence-electron chi connectivity index (χ0n) is 14.0. The summed E-state index contributed by atoms with van der Waals surface area (Å²) in [6.07, 6.45) is 0. The van der Waals surface area contributed by atoms with Crippen LogP contribution in [-0.4, -0.2) is 47.1 Å². The third-order valence-corrected chi connectivity index (χ3v) is 4.02. The zero-order chi connectivity index (χ0) is 16.9. The Morgan fingerprint density at radius 3 is 2.62 bits per heavy atom. The fraction of sp³-hybridized carbons (Fsp3) is 0.389. The van der Waals surface area contributed by atoms with E-state index in [-0.39, 0.29) is 11.9 Å². The minimum atomic E-state index is -0.0702. The molecule has 1 amide bonds. The van der Waals surface area contributed by atoms with Gasteiger partial charge >= 0.3 is 0 Å². The van der Waals surface area contributed by atoms with Crippen LogP contribution < -0.4 is 5.32 Å². The molecular weight excluding hydrogens is 304 g/mol. The number of hydrogen-bond acceptors (Lipinski definition) is 5. The molecule has 3 rings (SSSR count). The lowest BCUT2D eigenvalue weighted by Crippen LogP contribution is -2.41. The summed E-state index contributed by atoms with van der Waals surface area (Å²) in [4.78, 5) is 23.2. The molecule has 0 radical (unpaired) electrons. The first-order valence-corrected chi connectivity index (χ1v) is 8.17. The summed E-state index contributed by atoms with van der Waals surface area (Å²) in [5.74, 6) is 0.405. The van der Waals surface area contributed by atoms with Crippen molar-refractivity contribution in [2.45, 2.75) is 19.9 Å². The third kappa shape index (κ3) is 3.89. The van der Waals surface area contributed by atoms with Crippen LogP contribution in [0.3, 0.4) is 0 Å². The Morgan fingerprint density at radius 2 is 1.92 bits per heavy atom. The average Bonchev–Trinajstić information content (AvgIpc) is 2.62. The topological polar surface area (TPSA) is 67.4 Å². The van der Waals surface area contributed by atoms with Gasteiger partial charge in [0.25, 0.3) is 5.91 Å². The van der Waals surface area contributed by atoms with Gasteiger partial charge in [-0.1, -0.05) is 30.3 Å². The van der Waals surface area contributed by atoms with Crippen molar-refractivity contribution in [1.29, 1.82) is 0 Å². The number of amides is 1. The van der Waals surface area contributed by atoms with E-state index in [1.54, 1.807) is 11.0 Å². The fourth-order valence-corrected chi connectivity index (χ4v) is 2.69. The van der Waals surface area contributed by atoms with Crippen molar-refractivity contribution in [3.8, 4) is 0 Å². The molecule has 126 valence electrons. The van der Waals surface area contributed by atoms with Crippen molar-refractivity contribution >= 4 is 11.9 Å². The third-order valence-electron chi connectivity index (χ3n) is 4.02. The van der Waals surface area contributed by atoms with Crippen LogP contribution >= 0.6 is 0 Å². The number of aryl methyl sites for hydroxylation is 1. The van der Waals surface area contributed by atoms with Crippen LogP contribution in [0.4, 0.5) is 5.95 Å². The number of aromatic nitrogens is 2. The molecule has 1 aromatic heterocycles. The molecule has 1 unspecified atom stereocenters. The van der Waals surface area contributed by atoms with E-state index in [4.69, 9.17) is 4.74 Å². The van der Waals surface area contributed by atoms with Crippen molar-refractivity contribution in [3.05, 3.63) is 53.3 Å². The van der Waals surface area contributed by atoms with E-state index in [9.17, 15) is 4.79 Å². The Labute approximate surface area is 141 Å². The van der Waals surface area contributed by atoms with E-state index in [0.29, 0.717) is 37.9 Å². The molecule has 0 spiro atoms. The summed E-state index contributed by atoms with van der Waals surface area (Å²) in [6.45, 7) is 6.27. The molecule has 1 atom stereocenters. The van der Waals surface area contributed by atoms with Crippen LogP contribution in [0.1, 0.15) is 34.7 Å². The zero-order valence-corrected chi connectivity index (χ0v) is 14.0. The van der Waals surface area contributed by atoms with Gasteiger partial charge in [-0.3, -0.25) is 4.79 Å². The summed E-state index contributed by atoms with van der Waals surface area (Å²) in [5.41, 5.74) is 2.33. The highest BCUT2D eigenvalue weighted by Crippen LogP contribution is 2.17. The summed E-state index contributed by atoms with van der Waals surface area (Å²) in [7, 11) is 0. The number of nitrogens with one attached hydrogen (secondary N) is 1. The second-order valence-corrected chi connectivity index (χ2v) is 5.90. The monoisotopic (exact) mass is 326 g/mol. The normalized spacial score (nSPS) is 15.8. The van der Waals surface area contributed by atoms with Crippen LogP contribution in [0, 0.1) is 6.92 Å². The molecule has 0 saturated carbocycles. The molecule has 0 bridgehead atoms. The Hall–Kier alpha value is -2.47. The van der Waals surface area contributed by atoms with Gasteiger partial charge in [-0.2, -0.15) is 0 Å². The Balaban J connectivity index is 1.77. The van der Waals surface area contributed by atoms with Crippen molar-refractivity contribution in [1.82, 2.24) is 14.9 Å². The number of hydrogen-bond donors (Lipinski definition) is 1. The maximum Gasteiger partial charge on any atom is 0.272 e. The van der Waals surface area contributed by atoms with Crippen LogP contribution in [-0.2, 0) is 4.74 Å². The van der Waals surface area contributed by atoms with Crippen LogP contribution in [0.2, 0.25) is 0 Å². The van der Waals surface area contributed by atoms with Gasteiger partial charge in [0.05, 0.1) is 19.3 Å². The maximum absolute atomic E-state index is 12.6. The smallest absolute Gasteiger partial charge is 0.272 e. The van der Waals surface area contributed by atoms with Crippen LogP contribution in [0.5, 0.6) is 0 Å². The largest absolute Gasteiger partial charge is 0.378 e. The van der Waals surface area contributed by atoms with Crippen molar-refractivity contribution in [2.75, 3.05) is 31.6 Å². The molecule has 0 aliphatic carbocycles. The van der Waals surface area contributed by atoms with Gasteiger partial charge in [-0.05, 0) is 25.5 Å². The number of ether oxygens (including phenoxy) is 1. The van der Waals surface area contributed by atoms with Gasteiger partial charge < -0.3 is 15.0 Å². The Kier molecular flexibility index (Phi) is 5.05. The lowest BCUT2D eigenvalue weighted by molar-refractivity contribution is 0.0299. The van der Waals surface area contributed by atoms with E-state index in [1.807, 2.05) is 44.2 Å². The predicted molar refractivity (Wildman–Crippen MR) is 92.0 cm³/mol. The van der Waals surface area contributed by atoms with Gasteiger partial charge in [-0.15, -0.1) is 0 Å². The van der Waals surface area contributed by atoms with Gasteiger partial charge in [0.15, 0.2) is 0 Å². The molecule has 1 N–H and O–H groups in total. The summed E-state index contributed by atoms with van der Waals surface area (Å²) >= 11 is 0. The number of carbonyl (C=O) groups excluding carboxylic acids is 1. The molecule has 1 fully saturated rings. The molecular formula is C18H22N4O2. The molecule has 2 heterocycles. The summed E-state index contributed by atoms with van der Waals surface area (Å²) < 4.78 is 5.30. The van der Waals surface area contributed by atoms with Crippen molar-refractivity contribution < 1.29 is 9.53 Å². The number of nitrogens with zero attached hydrogens (tertiary/aromatic N) is 3. The van der Waals surface area contributed by atoms with Crippen LogP contribution in [0.25, 0.3) is 0 Å². The fourth-order valence-electron chi connectivity index (χ4n) is 2.69. The summed E-state index contributed by atoms with van der Waals surface area (Å²) in [5, 5.41) is 3.28. The average molecular weight is 326 g/mol. The van der Waals surface area contributed by atoms with E-state index < -0.39 is 0 Å². The SMILES string of the molecule is Cc1cc(C(=O)N2CCOCC2)nc(NC(C)c2ccccc2)n1. The van der Waals surface area contributed by atoms with Gasteiger partial charge in [-0.25, -0.2) is 9.97 Å². The molecule has 2 aromatic rings. The number of benzene rings is 1. The van der Waals surface area contributed by atoms with E-state index in [1.165, 1.54) is 0 Å². The first-order valence-electron chi connectivity index (χ1n) is 8.17. The van der Waals surface area contributed by atoms with Crippen molar-refractivity contribution in [3.63, 3.8) is 0 Å². The lowest BCUT2D eigenvalue weighted by Gasteiger charge is -2.26. The van der Waals surface area contributed by atoms with Gasteiger partial charge in [0.1, 0.15) is 5.69 Å². The molecule has 6 heteroatoms. The number of carbonyl (C=O) groups is 1. The predicted octanol–water partition coefficient (Wildman–Crippen LogP) is 2.43. The van der Waals surface area contributed by atoms with E-state index in [0.717, 1.165) is 11.3 Å². The minimum Gasteiger partial charge on any atom is -0.378 e. The molecule has 1 aliphatic rings. The number of rotatable bonds is 4. The maximum atomic E-state index is 12.6. The second-order valence-electron chi connectivity index (χ2n) is 5.90. The molecule has 6 nitrogen and oxygen atoms in total. The van der Waals surface area contributed by atoms with Gasteiger partial charge in [0.2, 0.25) is 5.95 Å². The minimum absolute atomic E-state index is 0.0549. The highest BCUT2D eigenvalue weighted by molar-refractivity contribution is 5.92. The molecule has 24 heavy (non-hydrogen) atoms. The first-order chi connectivity index (χ1) is 11.6. The highest BCUT2D eigenvalue weighted by atomic mass is 16.5. The highest BCUT2D eigenvalue weighted by Gasteiger charge is 2.21. The number of anilines is 1. The van der Waals surface area contributed by atoms with E-state index >= 15 is 0 Å². The second kappa shape index (κ2) is 7.40. The molecule has 1 saturated heterocycles. The quantitative estimate of drug-likeness (QED) is 0.934. The molecule has 1 aliphatic heterocycles. The Morgan fingerprint density at radius 1 is 1.21 bits per heavy atom. The van der Waals surface area contributed by atoms with Gasteiger partial charge in [0, 0.05) is 18.8 Å². The first kappa shape index (κ1) is 16.4. The lowest BCUT2D eigenvalue weighted by atomic mass is 10.1. The number of morpholine rings is 1. The van der Waals surface area contributed by atoms with Crippen LogP contribution in [0.15, 0.2) is 36.4 Å². The standard InChI is InChI=1S/C18H22N4O2/c1-13-12-16(17(23)22-8-10-24-11-9-22)21-18(19-13)20-14(2)15-6-4-3-5-7-15/h3-7,12,14H,8-11H2,1-2H3,(H,19,20,21). The van der Waals surface area contributed by atoms with Crippen molar-refractivity contribution in [2.24, 2.45) is 0 Å². The Bertz CT molecular complexity index is 699. The van der Waals surface area contributed by atoms with E-state index in [2.05, 4.69) is 15.3 Å². The summed E-state index contributed by atoms with van der Waals surface area (Å²) in [6, 6.07) is 11.9. The molecule has 1 aromatic carbocycles.